The first-order valence-corrected chi connectivity index (χ1v) is 7.41. The maximum atomic E-state index is 3.45. The van der Waals surface area contributed by atoms with Gasteiger partial charge in [-0.05, 0) is 30.4 Å². The maximum absolute atomic E-state index is 3.45. The van der Waals surface area contributed by atoms with Crippen LogP contribution < -0.4 is 5.32 Å². The van der Waals surface area contributed by atoms with E-state index in [4.69, 9.17) is 0 Å². The van der Waals surface area contributed by atoms with Gasteiger partial charge in [0, 0.05) is 32.2 Å². The number of nitrogens with zero attached hydrogens (tertiary/aromatic N) is 1. The lowest BCUT2D eigenvalue weighted by atomic mass is 9.79. The first kappa shape index (κ1) is 20.7. The van der Waals surface area contributed by atoms with E-state index in [2.05, 4.69) is 63.0 Å². The molecule has 1 aliphatic heterocycles. The van der Waals surface area contributed by atoms with E-state index in [9.17, 15) is 0 Å². The summed E-state index contributed by atoms with van der Waals surface area (Å²) in [6, 6.07) is 7.41. The molecule has 1 fully saturated rings. The fourth-order valence-corrected chi connectivity index (χ4v) is 3.28. The molecule has 1 aromatic rings. The van der Waals surface area contributed by atoms with E-state index < -0.39 is 0 Å². The summed E-state index contributed by atoms with van der Waals surface area (Å²) in [5.74, 6) is 0. The van der Waals surface area contributed by atoms with Crippen molar-refractivity contribution in [2.75, 3.05) is 26.2 Å². The Morgan fingerprint density at radius 2 is 1.62 bits per heavy atom. The number of nitrogens with one attached hydrogen (secondary N) is 1. The zero-order chi connectivity index (χ0) is 14.0. The van der Waals surface area contributed by atoms with Gasteiger partial charge in [-0.2, -0.15) is 0 Å². The highest BCUT2D eigenvalue weighted by Crippen LogP contribution is 2.39. The van der Waals surface area contributed by atoms with Gasteiger partial charge in [0.2, 0.25) is 0 Å². The van der Waals surface area contributed by atoms with Crippen LogP contribution in [0.4, 0.5) is 0 Å². The van der Waals surface area contributed by atoms with Crippen LogP contribution in [0.15, 0.2) is 18.2 Å². The number of piperazine rings is 1. The normalized spacial score (nSPS) is 17.6. The molecule has 1 aromatic carbocycles. The lowest BCUT2D eigenvalue weighted by Gasteiger charge is -2.43. The first-order valence-electron chi connectivity index (χ1n) is 7.41. The quantitative estimate of drug-likeness (QED) is 0.875. The molecule has 4 heteroatoms. The van der Waals surface area contributed by atoms with E-state index in [-0.39, 0.29) is 30.2 Å². The summed E-state index contributed by atoms with van der Waals surface area (Å²) >= 11 is 0. The minimum Gasteiger partial charge on any atom is -0.314 e. The molecule has 0 saturated carbocycles. The highest BCUT2D eigenvalue weighted by Gasteiger charge is 2.33. The van der Waals surface area contributed by atoms with Crippen molar-refractivity contribution in [2.24, 2.45) is 5.41 Å². The Balaban J connectivity index is 0.00000200. The van der Waals surface area contributed by atoms with Gasteiger partial charge in [0.05, 0.1) is 0 Å². The summed E-state index contributed by atoms with van der Waals surface area (Å²) in [6.07, 6.45) is 0. The molecule has 0 unspecified atom stereocenters. The molecule has 0 amide bonds. The predicted octanol–water partition coefficient (Wildman–Crippen LogP) is 4.14. The van der Waals surface area contributed by atoms with Crippen LogP contribution in [-0.2, 0) is 0 Å². The van der Waals surface area contributed by atoms with Crippen molar-refractivity contribution in [2.45, 2.75) is 40.7 Å². The van der Waals surface area contributed by atoms with E-state index in [0.717, 1.165) is 26.2 Å². The molecular weight excluding hydrogens is 303 g/mol. The molecule has 1 saturated heterocycles. The number of halogens is 2. The number of aryl methyl sites for hydroxylation is 2. The van der Waals surface area contributed by atoms with Gasteiger partial charge in [-0.3, -0.25) is 4.90 Å². The highest BCUT2D eigenvalue weighted by molar-refractivity contribution is 5.85. The molecular formula is C17H30Cl2N2. The second kappa shape index (κ2) is 8.38. The van der Waals surface area contributed by atoms with E-state index in [1.807, 2.05) is 0 Å². The summed E-state index contributed by atoms with van der Waals surface area (Å²) in [5.41, 5.74) is 4.55. The lowest BCUT2D eigenvalue weighted by molar-refractivity contribution is 0.0857. The molecule has 2 nitrogen and oxygen atoms in total. The van der Waals surface area contributed by atoms with Crippen LogP contribution in [0.3, 0.4) is 0 Å². The zero-order valence-electron chi connectivity index (χ0n) is 13.9. The summed E-state index contributed by atoms with van der Waals surface area (Å²) in [4.78, 5) is 2.65. The van der Waals surface area contributed by atoms with E-state index in [0.29, 0.717) is 6.04 Å². The third-order valence-electron chi connectivity index (χ3n) is 4.06. The minimum absolute atomic E-state index is 0. The van der Waals surface area contributed by atoms with Gasteiger partial charge in [-0.1, -0.05) is 44.5 Å². The van der Waals surface area contributed by atoms with E-state index in [1.165, 1.54) is 16.7 Å². The van der Waals surface area contributed by atoms with Crippen LogP contribution in [0.2, 0.25) is 0 Å². The molecule has 21 heavy (non-hydrogen) atoms. The van der Waals surface area contributed by atoms with Gasteiger partial charge in [0.15, 0.2) is 0 Å². The van der Waals surface area contributed by atoms with Gasteiger partial charge in [-0.25, -0.2) is 0 Å². The summed E-state index contributed by atoms with van der Waals surface area (Å²) in [5, 5.41) is 3.45. The molecule has 2 rings (SSSR count). The molecule has 0 aromatic heterocycles. The van der Waals surface area contributed by atoms with E-state index in [1.54, 1.807) is 0 Å². The molecule has 0 spiro atoms. The Bertz CT molecular complexity index is 435. The molecule has 1 N–H and O–H groups in total. The standard InChI is InChI=1S/C17H28N2.2ClH/c1-13-6-7-15(14(2)12-13)16(17(3,4)5)19-10-8-18-9-11-19;;/h6-7,12,16,18H,8-11H2,1-5H3;2*1H/t16-;;/m0../s1. The van der Waals surface area contributed by atoms with Crippen molar-refractivity contribution in [3.8, 4) is 0 Å². The number of hydrogen-bond acceptors (Lipinski definition) is 2. The smallest absolute Gasteiger partial charge is 0.0400 e. The van der Waals surface area contributed by atoms with Crippen LogP contribution in [0, 0.1) is 19.3 Å². The lowest BCUT2D eigenvalue weighted by Crippen LogP contribution is -2.48. The van der Waals surface area contributed by atoms with Crippen LogP contribution in [0.5, 0.6) is 0 Å². The predicted molar refractivity (Wildman–Crippen MR) is 97.1 cm³/mol. The summed E-state index contributed by atoms with van der Waals surface area (Å²) in [7, 11) is 0. The van der Waals surface area contributed by atoms with Crippen molar-refractivity contribution in [3.05, 3.63) is 34.9 Å². The largest absolute Gasteiger partial charge is 0.314 e. The molecule has 0 aliphatic carbocycles. The topological polar surface area (TPSA) is 15.3 Å². The number of rotatable bonds is 2. The van der Waals surface area contributed by atoms with Crippen LogP contribution in [0.1, 0.15) is 43.5 Å². The molecule has 0 radical (unpaired) electrons. The Labute approximate surface area is 142 Å². The van der Waals surface area contributed by atoms with Gasteiger partial charge >= 0.3 is 0 Å². The molecule has 1 heterocycles. The van der Waals surface area contributed by atoms with Gasteiger partial charge in [0.25, 0.3) is 0 Å². The minimum atomic E-state index is 0. The third-order valence-corrected chi connectivity index (χ3v) is 4.06. The van der Waals surface area contributed by atoms with Gasteiger partial charge in [0.1, 0.15) is 0 Å². The SMILES string of the molecule is Cc1ccc([C@H](N2CCNCC2)C(C)(C)C)c(C)c1.Cl.Cl. The third kappa shape index (κ3) is 5.14. The van der Waals surface area contributed by atoms with Gasteiger partial charge < -0.3 is 5.32 Å². The van der Waals surface area contributed by atoms with Crippen LogP contribution in [-0.4, -0.2) is 31.1 Å². The van der Waals surface area contributed by atoms with Crippen molar-refractivity contribution < 1.29 is 0 Å². The second-order valence-corrected chi connectivity index (χ2v) is 6.91. The molecule has 122 valence electrons. The zero-order valence-corrected chi connectivity index (χ0v) is 15.5. The fraction of sp³-hybridized carbons (Fsp3) is 0.647. The number of benzene rings is 1. The first-order chi connectivity index (χ1) is 8.89. The maximum Gasteiger partial charge on any atom is 0.0400 e. The number of hydrogen-bond donors (Lipinski definition) is 1. The van der Waals surface area contributed by atoms with Gasteiger partial charge in [-0.15, -0.1) is 24.8 Å². The van der Waals surface area contributed by atoms with Crippen molar-refractivity contribution >= 4 is 24.8 Å². The monoisotopic (exact) mass is 332 g/mol. The molecule has 0 bridgehead atoms. The fourth-order valence-electron chi connectivity index (χ4n) is 3.28. The molecule has 1 atom stereocenters. The average Bonchev–Trinajstić information content (AvgIpc) is 2.32. The Morgan fingerprint density at radius 1 is 1.05 bits per heavy atom. The Morgan fingerprint density at radius 3 is 2.10 bits per heavy atom. The Kier molecular flexibility index (Phi) is 8.27. The van der Waals surface area contributed by atoms with Crippen LogP contribution >= 0.6 is 24.8 Å². The van der Waals surface area contributed by atoms with Crippen molar-refractivity contribution in [1.29, 1.82) is 0 Å². The molecule has 1 aliphatic rings. The average molecular weight is 333 g/mol. The van der Waals surface area contributed by atoms with Crippen molar-refractivity contribution in [1.82, 2.24) is 10.2 Å². The summed E-state index contributed by atoms with van der Waals surface area (Å²) < 4.78 is 0. The van der Waals surface area contributed by atoms with Crippen molar-refractivity contribution in [3.63, 3.8) is 0 Å². The van der Waals surface area contributed by atoms with E-state index >= 15 is 0 Å². The Hall–Kier alpha value is -0.280. The summed E-state index contributed by atoms with van der Waals surface area (Å²) in [6.45, 7) is 16.0. The second-order valence-electron chi connectivity index (χ2n) is 6.91. The highest BCUT2D eigenvalue weighted by atomic mass is 35.5. The van der Waals surface area contributed by atoms with Crippen LogP contribution in [0.25, 0.3) is 0 Å².